The van der Waals surface area contributed by atoms with E-state index in [4.69, 9.17) is 9.47 Å². The minimum atomic E-state index is -3.51. The third-order valence-corrected chi connectivity index (χ3v) is 13.5. The Kier molecular flexibility index (Phi) is 8.62. The molecule has 2 aliphatic heterocycles. The van der Waals surface area contributed by atoms with Gasteiger partial charge in [-0.25, -0.2) is 29.1 Å². The normalized spacial score (nSPS) is 31.0. The van der Waals surface area contributed by atoms with Gasteiger partial charge < -0.3 is 24.8 Å². The zero-order valence-electron chi connectivity index (χ0n) is 30.3. The van der Waals surface area contributed by atoms with Gasteiger partial charge in [0, 0.05) is 49.9 Å². The van der Waals surface area contributed by atoms with E-state index in [-0.39, 0.29) is 35.2 Å². The Morgan fingerprint density at radius 1 is 0.963 bits per heavy atom. The Morgan fingerprint density at radius 2 is 1.63 bits per heavy atom. The lowest BCUT2D eigenvalue weighted by molar-refractivity contribution is -0.163. The van der Waals surface area contributed by atoms with Gasteiger partial charge in [0.25, 0.3) is 11.8 Å². The molecule has 4 heterocycles. The number of aliphatic carboxylic acids is 1. The Bertz CT molecular complexity index is 1910. The van der Waals surface area contributed by atoms with Crippen molar-refractivity contribution in [3.8, 4) is 5.75 Å². The van der Waals surface area contributed by atoms with Crippen molar-refractivity contribution in [3.63, 3.8) is 0 Å². The molecule has 6 fully saturated rings. The van der Waals surface area contributed by atoms with Crippen LogP contribution in [-0.2, 0) is 20.9 Å². The summed E-state index contributed by atoms with van der Waals surface area (Å²) in [7, 11) is 0. The molecule has 286 valence electrons. The smallest absolute Gasteiger partial charge is 0.330 e. The van der Waals surface area contributed by atoms with E-state index in [1.807, 2.05) is 23.1 Å². The summed E-state index contributed by atoms with van der Waals surface area (Å²) < 4.78 is 56.5. The maximum absolute atomic E-state index is 15.5. The van der Waals surface area contributed by atoms with E-state index in [9.17, 15) is 19.1 Å². The van der Waals surface area contributed by atoms with Crippen LogP contribution >= 0.6 is 0 Å². The molecule has 0 atom stereocenters. The molecule has 1 saturated heterocycles. The molecule has 0 radical (unpaired) electrons. The standard InChI is InChI=1S/C40H45F3N6O5/c1-38(42,43)33-30(35(50)48-40(36(51)52)25-13-22-12-23(15-25)16-26(40)14-22)20-46-37(47-33)49-21-39(8-10-53-11-9-39)31-17-29(6-7-32(31)49)54-28-4-2-24(3-5-28)34-44-18-27(41)19-45-34/h6-7,17-20,22-26,28H,2-5,8-16,21H2,1H3,(H,48,50)(H,51,52)/t22?,23?,24-,25?,26?,28-,40?. The highest BCUT2D eigenvalue weighted by molar-refractivity contribution is 5.99. The second-order valence-corrected chi connectivity index (χ2v) is 16.8. The molecule has 0 unspecified atom stereocenters. The molecule has 10 rings (SSSR count). The number of carbonyl (C=O) groups is 2. The molecule has 7 aliphatic rings. The molecule has 14 heteroatoms. The number of ether oxygens (including phenoxy) is 2. The number of aromatic nitrogens is 4. The molecule has 5 saturated carbocycles. The summed E-state index contributed by atoms with van der Waals surface area (Å²) in [6, 6.07) is 5.85. The molecule has 11 nitrogen and oxygen atoms in total. The number of alkyl halides is 2. The lowest BCUT2D eigenvalue weighted by atomic mass is 9.48. The first-order chi connectivity index (χ1) is 25.9. The average Bonchev–Trinajstić information content (AvgIpc) is 3.45. The number of carbonyl (C=O) groups excluding carboxylic acids is 1. The summed E-state index contributed by atoms with van der Waals surface area (Å²) in [6.07, 6.45) is 12.1. The van der Waals surface area contributed by atoms with Crippen LogP contribution in [0.15, 0.2) is 36.8 Å². The van der Waals surface area contributed by atoms with Crippen molar-refractivity contribution in [1.82, 2.24) is 25.3 Å². The number of carboxylic acids is 1. The van der Waals surface area contributed by atoms with Crippen molar-refractivity contribution >= 4 is 23.5 Å². The molecule has 1 spiro atoms. The van der Waals surface area contributed by atoms with Gasteiger partial charge in [0.15, 0.2) is 5.82 Å². The van der Waals surface area contributed by atoms with Crippen LogP contribution in [0.1, 0.15) is 111 Å². The van der Waals surface area contributed by atoms with Gasteiger partial charge in [0.1, 0.15) is 22.8 Å². The number of fused-ring (bicyclic) bond motifs is 2. The van der Waals surface area contributed by atoms with Gasteiger partial charge in [-0.2, -0.15) is 8.78 Å². The highest BCUT2D eigenvalue weighted by Gasteiger charge is 2.62. The van der Waals surface area contributed by atoms with Gasteiger partial charge in [-0.3, -0.25) is 4.79 Å². The molecule has 1 aromatic carbocycles. The molecule has 5 aliphatic carbocycles. The van der Waals surface area contributed by atoms with Crippen molar-refractivity contribution in [2.75, 3.05) is 24.7 Å². The summed E-state index contributed by atoms with van der Waals surface area (Å²) >= 11 is 0. The van der Waals surface area contributed by atoms with Gasteiger partial charge >= 0.3 is 5.97 Å². The number of halogens is 3. The molecule has 3 aromatic rings. The zero-order valence-corrected chi connectivity index (χ0v) is 30.3. The van der Waals surface area contributed by atoms with E-state index in [1.165, 1.54) is 12.4 Å². The predicted molar refractivity (Wildman–Crippen MR) is 189 cm³/mol. The van der Waals surface area contributed by atoms with E-state index >= 15 is 8.78 Å². The summed E-state index contributed by atoms with van der Waals surface area (Å²) in [4.78, 5) is 46.0. The highest BCUT2D eigenvalue weighted by Crippen LogP contribution is 2.58. The SMILES string of the molecule is CC(F)(F)c1nc(N2CC3(CCOCC3)c3cc(O[C@H]4CC[C@H](c5ncc(F)cn5)CC4)ccc32)ncc1C(=O)NC1(C(=O)O)C2CC3CC(C2)CC1C3. The summed E-state index contributed by atoms with van der Waals surface area (Å²) in [5.74, 6) is -3.95. The lowest BCUT2D eigenvalue weighted by Crippen LogP contribution is -2.70. The summed E-state index contributed by atoms with van der Waals surface area (Å²) in [6.45, 7) is 2.22. The average molecular weight is 747 g/mol. The molecular weight excluding hydrogens is 701 g/mol. The molecule has 54 heavy (non-hydrogen) atoms. The number of hydrogen-bond donors (Lipinski definition) is 2. The number of hydrogen-bond acceptors (Lipinski definition) is 9. The monoisotopic (exact) mass is 746 g/mol. The number of rotatable bonds is 8. The minimum absolute atomic E-state index is 0.0154. The number of amides is 1. The Morgan fingerprint density at radius 3 is 2.26 bits per heavy atom. The number of benzene rings is 1. The molecular formula is C40H45F3N6O5. The number of anilines is 2. The van der Waals surface area contributed by atoms with Crippen molar-refractivity contribution in [3.05, 3.63) is 65.3 Å². The van der Waals surface area contributed by atoms with Gasteiger partial charge in [-0.05, 0) is 118 Å². The highest BCUT2D eigenvalue weighted by atomic mass is 19.3. The van der Waals surface area contributed by atoms with Crippen LogP contribution in [0.4, 0.5) is 24.8 Å². The topological polar surface area (TPSA) is 140 Å². The van der Waals surface area contributed by atoms with E-state index in [0.29, 0.717) is 88.6 Å². The second-order valence-electron chi connectivity index (χ2n) is 16.8. The van der Waals surface area contributed by atoms with Gasteiger partial charge in [-0.1, -0.05) is 0 Å². The maximum Gasteiger partial charge on any atom is 0.330 e. The van der Waals surface area contributed by atoms with Crippen LogP contribution in [0.25, 0.3) is 0 Å². The Hall–Kier alpha value is -4.33. The summed E-state index contributed by atoms with van der Waals surface area (Å²) in [5.41, 5.74) is -1.20. The number of nitrogens with one attached hydrogen (secondary N) is 1. The lowest BCUT2D eigenvalue weighted by Gasteiger charge is -2.59. The van der Waals surface area contributed by atoms with Crippen LogP contribution in [-0.4, -0.2) is 68.3 Å². The van der Waals surface area contributed by atoms with Crippen LogP contribution in [0.3, 0.4) is 0 Å². The third-order valence-electron chi connectivity index (χ3n) is 13.5. The third kappa shape index (κ3) is 5.99. The maximum atomic E-state index is 15.5. The van der Waals surface area contributed by atoms with Gasteiger partial charge in [0.05, 0.1) is 24.1 Å². The molecule has 2 N–H and O–H groups in total. The van der Waals surface area contributed by atoms with Crippen molar-refractivity contribution < 1.29 is 37.3 Å². The number of nitrogens with zero attached hydrogens (tertiary/aromatic N) is 5. The molecule has 2 aromatic heterocycles. The second kappa shape index (κ2) is 13.2. The number of carboxylic acid groups (broad SMARTS) is 1. The minimum Gasteiger partial charge on any atom is -0.490 e. The Balaban J connectivity index is 0.980. The molecule has 1 amide bonds. The van der Waals surface area contributed by atoms with Crippen LogP contribution in [0, 0.1) is 29.5 Å². The zero-order chi connectivity index (χ0) is 37.4. The Labute approximate surface area is 311 Å². The van der Waals surface area contributed by atoms with Crippen LogP contribution in [0.5, 0.6) is 5.75 Å². The fourth-order valence-corrected chi connectivity index (χ4v) is 11.0. The largest absolute Gasteiger partial charge is 0.490 e. The van der Waals surface area contributed by atoms with Crippen molar-refractivity contribution in [2.24, 2.45) is 23.7 Å². The fourth-order valence-electron chi connectivity index (χ4n) is 11.0. The van der Waals surface area contributed by atoms with Crippen molar-refractivity contribution in [2.45, 2.75) is 106 Å². The van der Waals surface area contributed by atoms with Crippen LogP contribution in [0.2, 0.25) is 0 Å². The first-order valence-corrected chi connectivity index (χ1v) is 19.4. The van der Waals surface area contributed by atoms with Crippen molar-refractivity contribution in [1.29, 1.82) is 0 Å². The van der Waals surface area contributed by atoms with E-state index < -0.39 is 40.4 Å². The first-order valence-electron chi connectivity index (χ1n) is 19.4. The molecule has 4 bridgehead atoms. The predicted octanol–water partition coefficient (Wildman–Crippen LogP) is 6.83. The van der Waals surface area contributed by atoms with E-state index in [0.717, 1.165) is 49.6 Å². The van der Waals surface area contributed by atoms with E-state index in [2.05, 4.69) is 25.3 Å². The van der Waals surface area contributed by atoms with Gasteiger partial charge in [-0.15, -0.1) is 0 Å². The first kappa shape index (κ1) is 35.4. The van der Waals surface area contributed by atoms with Crippen LogP contribution < -0.4 is 15.0 Å². The summed E-state index contributed by atoms with van der Waals surface area (Å²) in [5, 5.41) is 13.4. The van der Waals surface area contributed by atoms with Gasteiger partial charge in [0.2, 0.25) is 5.95 Å². The van der Waals surface area contributed by atoms with E-state index in [1.54, 1.807) is 0 Å². The quantitative estimate of drug-likeness (QED) is 0.252. The fraction of sp³-hybridized carbons (Fsp3) is 0.600.